The first kappa shape index (κ1) is 51.6. The van der Waals surface area contributed by atoms with Gasteiger partial charge in [-0.15, -0.1) is 0 Å². The second-order valence-electron chi connectivity index (χ2n) is 15.3. The second-order valence-corrected chi connectivity index (χ2v) is 15.3. The number of hydrogen-bond acceptors (Lipinski definition) is 12. The van der Waals surface area contributed by atoms with E-state index in [4.69, 9.17) is 15.8 Å². The highest BCUT2D eigenvalue weighted by atomic mass is 16.4. The number of hydrogen-bond donors (Lipinski definition) is 7. The van der Waals surface area contributed by atoms with Crippen molar-refractivity contribution in [3.8, 4) is 11.1 Å². The monoisotopic (exact) mass is 850 g/mol. The third kappa shape index (κ3) is 17.9. The maximum Gasteiger partial charge on any atom is 0.451 e. The summed E-state index contributed by atoms with van der Waals surface area (Å²) in [5, 5.41) is 42.2. The van der Waals surface area contributed by atoms with Gasteiger partial charge < -0.3 is 41.5 Å². The quantitative estimate of drug-likeness (QED) is 0.0455. The number of ketones is 4. The van der Waals surface area contributed by atoms with Crippen LogP contribution in [0.3, 0.4) is 0 Å². The summed E-state index contributed by atoms with van der Waals surface area (Å²) in [5.74, 6) is -9.10. The molecule has 61 heavy (non-hydrogen) atoms. The number of carboxylic acids is 1. The molecule has 18 heteroatoms. The Morgan fingerprint density at radius 1 is 0.754 bits per heavy atom. The molecule has 0 unspecified atom stereocenters. The van der Waals surface area contributed by atoms with Crippen LogP contribution in [0.5, 0.6) is 0 Å². The van der Waals surface area contributed by atoms with Gasteiger partial charge in [0.25, 0.3) is 0 Å². The highest BCUT2D eigenvalue weighted by molar-refractivity contribution is 6.41. The van der Waals surface area contributed by atoms with Crippen molar-refractivity contribution in [3.63, 3.8) is 0 Å². The number of carbonyl (C=O) groups is 9. The maximum atomic E-state index is 13.4. The van der Waals surface area contributed by atoms with E-state index < -0.39 is 123 Å². The number of likely N-dealkylation sites (N-methyl/N-ethyl adjacent to an activating group) is 1. The van der Waals surface area contributed by atoms with Crippen molar-refractivity contribution in [1.29, 1.82) is 0 Å². The van der Waals surface area contributed by atoms with Crippen LogP contribution < -0.4 is 16.4 Å². The van der Waals surface area contributed by atoms with Gasteiger partial charge in [-0.05, 0) is 49.2 Å². The molecule has 0 spiro atoms. The minimum absolute atomic E-state index is 0.324. The Kier molecular flexibility index (Phi) is 21.9. The molecular weight excluding hydrogens is 791 g/mol. The summed E-state index contributed by atoms with van der Waals surface area (Å²) in [5.41, 5.74) is 8.69. The van der Waals surface area contributed by atoms with Gasteiger partial charge in [0.05, 0.1) is 37.1 Å². The fraction of sp³-hybridized carbons (Fsp3) is 0.512. The Morgan fingerprint density at radius 2 is 1.36 bits per heavy atom. The number of nitrogens with one attached hydrogen (secondary N) is 2. The number of aliphatic hydroxyl groups is 1. The molecule has 0 bridgehead atoms. The summed E-state index contributed by atoms with van der Waals surface area (Å²) in [6.45, 7) is 4.19. The molecule has 0 saturated carbocycles. The van der Waals surface area contributed by atoms with Gasteiger partial charge in [0.1, 0.15) is 0 Å². The molecule has 332 valence electrons. The molecule has 2 aromatic rings. The number of Topliss-reactive ketones (excluding diaryl/α,β-unsaturated/α-hetero) is 4. The van der Waals surface area contributed by atoms with Crippen molar-refractivity contribution in [1.82, 2.24) is 15.5 Å². The molecule has 8 N–H and O–H groups in total. The SMILES string of the molecule is CCCCc1ccc(-c2ccc(C(=O)C[C@H](CO)C(=O)N[C@H](C)C(=O)CCC(=O)N(C)[C@@H](CCC(=O)O)C(=O)C[C@@H](C)C(=O)N[C@@H](CC(N)=O)C(=O)CCB(O)O)cc2)cc1. The zero-order valence-electron chi connectivity index (χ0n) is 35.3. The molecule has 0 aliphatic heterocycles. The summed E-state index contributed by atoms with van der Waals surface area (Å²) in [6, 6.07) is 11.3. The van der Waals surface area contributed by atoms with Gasteiger partial charge in [0.2, 0.25) is 23.6 Å². The van der Waals surface area contributed by atoms with Crippen molar-refractivity contribution >= 4 is 59.8 Å². The van der Waals surface area contributed by atoms with E-state index in [1.807, 2.05) is 12.1 Å². The van der Waals surface area contributed by atoms with Crippen LogP contribution in [0.2, 0.25) is 6.32 Å². The molecule has 0 aliphatic rings. The van der Waals surface area contributed by atoms with E-state index in [1.165, 1.54) is 26.5 Å². The van der Waals surface area contributed by atoms with Crippen LogP contribution in [-0.2, 0) is 44.8 Å². The Hall–Kier alpha value is -5.59. The third-order valence-electron chi connectivity index (χ3n) is 10.3. The zero-order valence-corrected chi connectivity index (χ0v) is 35.3. The van der Waals surface area contributed by atoms with Crippen LogP contribution in [0.1, 0.15) is 101 Å². The molecule has 17 nitrogen and oxygen atoms in total. The van der Waals surface area contributed by atoms with Gasteiger partial charge in [-0.1, -0.05) is 68.8 Å². The van der Waals surface area contributed by atoms with Gasteiger partial charge in [-0.3, -0.25) is 43.2 Å². The van der Waals surface area contributed by atoms with Gasteiger partial charge in [0.15, 0.2) is 23.1 Å². The summed E-state index contributed by atoms with van der Waals surface area (Å²) < 4.78 is 0. The molecule has 0 aliphatic carbocycles. The number of carboxylic acid groups (broad SMARTS) is 1. The van der Waals surface area contributed by atoms with Crippen molar-refractivity contribution in [2.75, 3.05) is 13.7 Å². The van der Waals surface area contributed by atoms with Crippen LogP contribution in [0, 0.1) is 11.8 Å². The highest BCUT2D eigenvalue weighted by Crippen LogP contribution is 2.23. The standard InChI is InChI=1S/C43H59BN4O13/c1-5-6-7-28-8-10-29(11-9-28)30-12-14-31(15-13-30)37(52)23-32(25-49)43(59)46-27(3)35(50)17-18-40(55)48(4)34(16-19-41(56)57)38(53)22-26(2)42(58)47-33(24-39(45)54)36(51)20-21-44(60)61/h8-15,26-27,32-34,49,60-61H,5-7,16-25H2,1-4H3,(H2,45,54)(H,46,59)(H,47,58)(H,56,57)/t26-,27-,32-,33+,34+/m1/s1. The molecule has 0 saturated heterocycles. The lowest BCUT2D eigenvalue weighted by atomic mass is 9.82. The van der Waals surface area contributed by atoms with E-state index >= 15 is 0 Å². The number of carbonyl (C=O) groups excluding carboxylic acids is 8. The molecule has 4 amide bonds. The van der Waals surface area contributed by atoms with Crippen LogP contribution in [0.15, 0.2) is 48.5 Å². The number of benzene rings is 2. The van der Waals surface area contributed by atoms with Crippen LogP contribution >= 0.6 is 0 Å². The minimum atomic E-state index is -1.80. The number of aliphatic hydroxyl groups excluding tert-OH is 1. The van der Waals surface area contributed by atoms with E-state index in [2.05, 4.69) is 29.7 Å². The molecule has 2 aromatic carbocycles. The predicted octanol–water partition coefficient (Wildman–Crippen LogP) is 1.81. The average Bonchev–Trinajstić information content (AvgIpc) is 3.22. The van der Waals surface area contributed by atoms with Crippen LogP contribution in [0.25, 0.3) is 11.1 Å². The smallest absolute Gasteiger partial charge is 0.451 e. The van der Waals surface area contributed by atoms with E-state index in [1.54, 1.807) is 24.3 Å². The zero-order chi connectivity index (χ0) is 45.8. The van der Waals surface area contributed by atoms with E-state index in [-0.39, 0.29) is 31.4 Å². The van der Waals surface area contributed by atoms with Gasteiger partial charge in [0, 0.05) is 57.1 Å². The number of primary amides is 1. The lowest BCUT2D eigenvalue weighted by molar-refractivity contribution is -0.142. The number of aliphatic carboxylic acids is 1. The first-order valence-electron chi connectivity index (χ1n) is 20.4. The average molecular weight is 851 g/mol. The summed E-state index contributed by atoms with van der Waals surface area (Å²) >= 11 is 0. The Morgan fingerprint density at radius 3 is 1.90 bits per heavy atom. The normalized spacial score (nSPS) is 13.4. The van der Waals surface area contributed by atoms with E-state index in [9.17, 15) is 53.4 Å². The largest absolute Gasteiger partial charge is 0.481 e. The maximum absolute atomic E-state index is 13.4. The van der Waals surface area contributed by atoms with E-state index in [0.717, 1.165) is 35.3 Å². The summed E-state index contributed by atoms with van der Waals surface area (Å²) in [7, 11) is -0.560. The van der Waals surface area contributed by atoms with Crippen LogP contribution in [0.4, 0.5) is 0 Å². The lowest BCUT2D eigenvalue weighted by Gasteiger charge is -2.28. The lowest BCUT2D eigenvalue weighted by Crippen LogP contribution is -2.47. The van der Waals surface area contributed by atoms with Gasteiger partial charge in [-0.2, -0.15) is 0 Å². The number of aryl methyl sites for hydroxylation is 1. The summed E-state index contributed by atoms with van der Waals surface area (Å²) in [6.07, 6.45) is -0.608. The van der Waals surface area contributed by atoms with Crippen molar-refractivity contribution in [2.24, 2.45) is 17.6 Å². The Balaban J connectivity index is 1.98. The second kappa shape index (κ2) is 25.9. The third-order valence-corrected chi connectivity index (χ3v) is 10.3. The molecule has 5 atom stereocenters. The Bertz CT molecular complexity index is 1850. The fourth-order valence-corrected chi connectivity index (χ4v) is 6.45. The molecule has 0 fully saturated rings. The highest BCUT2D eigenvalue weighted by Gasteiger charge is 2.32. The fourth-order valence-electron chi connectivity index (χ4n) is 6.45. The molecule has 0 aromatic heterocycles. The predicted molar refractivity (Wildman–Crippen MR) is 224 cm³/mol. The molecular formula is C43H59BN4O13. The molecule has 2 rings (SSSR count). The number of unbranched alkanes of at least 4 members (excludes halogenated alkanes) is 1. The summed E-state index contributed by atoms with van der Waals surface area (Å²) in [4.78, 5) is 115. The van der Waals surface area contributed by atoms with Crippen molar-refractivity contribution in [3.05, 3.63) is 59.7 Å². The van der Waals surface area contributed by atoms with Crippen LogP contribution in [-0.4, -0.2) is 117 Å². The number of amides is 4. The van der Waals surface area contributed by atoms with Gasteiger partial charge >= 0.3 is 13.1 Å². The Labute approximate surface area is 356 Å². The van der Waals surface area contributed by atoms with Crippen molar-refractivity contribution in [2.45, 2.75) is 116 Å². The minimum Gasteiger partial charge on any atom is -0.481 e. The number of rotatable bonds is 29. The first-order valence-corrected chi connectivity index (χ1v) is 20.4. The number of nitrogens with two attached hydrogens (primary N) is 1. The topological polar surface area (TPSA) is 288 Å². The first-order chi connectivity index (χ1) is 28.8. The van der Waals surface area contributed by atoms with E-state index in [0.29, 0.717) is 5.56 Å². The number of nitrogens with zero attached hydrogens (tertiary/aromatic N) is 1. The molecule has 0 heterocycles. The van der Waals surface area contributed by atoms with Gasteiger partial charge in [-0.25, -0.2) is 0 Å². The molecule has 0 radical (unpaired) electrons. The van der Waals surface area contributed by atoms with Crippen molar-refractivity contribution < 1.29 is 63.4 Å².